The first-order valence-electron chi connectivity index (χ1n) is 6.95. The lowest BCUT2D eigenvalue weighted by molar-refractivity contribution is 0.0503. The van der Waals surface area contributed by atoms with Crippen LogP contribution in [-0.2, 0) is 4.74 Å². The highest BCUT2D eigenvalue weighted by Crippen LogP contribution is 2.30. The van der Waals surface area contributed by atoms with Gasteiger partial charge in [0.2, 0.25) is 0 Å². The summed E-state index contributed by atoms with van der Waals surface area (Å²) in [5.74, 6) is -0.165. The summed E-state index contributed by atoms with van der Waals surface area (Å²) < 4.78 is 7.66. The minimum absolute atomic E-state index is 0.165. The molecule has 104 valence electrons. The number of hydrogen-bond donors (Lipinski definition) is 0. The van der Waals surface area contributed by atoms with Crippen molar-refractivity contribution in [1.82, 2.24) is 0 Å². The number of rotatable bonds is 8. The Hall–Kier alpha value is -0.870. The summed E-state index contributed by atoms with van der Waals surface area (Å²) in [5.41, 5.74) is 0. The van der Waals surface area contributed by atoms with E-state index in [0.29, 0.717) is 6.61 Å². The van der Waals surface area contributed by atoms with Gasteiger partial charge in [-0.25, -0.2) is 4.79 Å². The summed E-state index contributed by atoms with van der Waals surface area (Å²) >= 11 is 3.19. The highest BCUT2D eigenvalue weighted by atomic mass is 32.1. The van der Waals surface area contributed by atoms with Crippen LogP contribution in [0.4, 0.5) is 0 Å². The Balaban J connectivity index is 1.66. The van der Waals surface area contributed by atoms with E-state index in [0.717, 1.165) is 17.7 Å². The summed E-state index contributed by atoms with van der Waals surface area (Å²) in [4.78, 5) is 12.6. The Morgan fingerprint density at radius 3 is 2.74 bits per heavy atom. The van der Waals surface area contributed by atoms with Crippen molar-refractivity contribution in [2.45, 2.75) is 45.4 Å². The third-order valence-corrected chi connectivity index (χ3v) is 5.15. The number of carbonyl (C=O) groups is 1. The minimum atomic E-state index is -0.165. The van der Waals surface area contributed by atoms with Crippen molar-refractivity contribution in [1.29, 1.82) is 0 Å². The molecule has 0 bridgehead atoms. The van der Waals surface area contributed by atoms with Crippen LogP contribution in [0.25, 0.3) is 9.40 Å². The van der Waals surface area contributed by atoms with E-state index >= 15 is 0 Å². The fourth-order valence-corrected chi connectivity index (χ4v) is 3.99. The molecule has 2 nitrogen and oxygen atoms in total. The van der Waals surface area contributed by atoms with E-state index < -0.39 is 0 Å². The van der Waals surface area contributed by atoms with Gasteiger partial charge in [-0.05, 0) is 23.9 Å². The van der Waals surface area contributed by atoms with Crippen LogP contribution in [0.5, 0.6) is 0 Å². The lowest BCUT2D eigenvalue weighted by atomic mass is 10.1. The van der Waals surface area contributed by atoms with E-state index in [1.165, 1.54) is 46.4 Å². The van der Waals surface area contributed by atoms with E-state index in [2.05, 4.69) is 13.0 Å². The summed E-state index contributed by atoms with van der Waals surface area (Å²) in [7, 11) is 0. The Morgan fingerprint density at radius 2 is 1.95 bits per heavy atom. The van der Waals surface area contributed by atoms with Gasteiger partial charge in [0.05, 0.1) is 6.61 Å². The average Bonchev–Trinajstić information content (AvgIpc) is 2.98. The molecule has 0 saturated heterocycles. The molecule has 0 unspecified atom stereocenters. The van der Waals surface area contributed by atoms with Gasteiger partial charge in [-0.3, -0.25) is 0 Å². The average molecular weight is 296 g/mol. The Bertz CT molecular complexity index is 484. The molecule has 4 heteroatoms. The van der Waals surface area contributed by atoms with Crippen LogP contribution in [0, 0.1) is 0 Å². The summed E-state index contributed by atoms with van der Waals surface area (Å²) in [6.45, 7) is 2.77. The first kappa shape index (κ1) is 14.5. The SMILES string of the molecule is CCCCCCCCOC(=O)c1cc2sccc2s1. The molecule has 0 aromatic carbocycles. The molecule has 0 saturated carbocycles. The Labute approximate surface area is 122 Å². The number of carbonyl (C=O) groups excluding carboxylic acids is 1. The van der Waals surface area contributed by atoms with Crippen LogP contribution >= 0.6 is 22.7 Å². The molecule has 2 aromatic heterocycles. The predicted molar refractivity (Wildman–Crippen MR) is 83.4 cm³/mol. The van der Waals surface area contributed by atoms with E-state index in [1.54, 1.807) is 11.3 Å². The monoisotopic (exact) mass is 296 g/mol. The molecule has 19 heavy (non-hydrogen) atoms. The van der Waals surface area contributed by atoms with Crippen molar-refractivity contribution in [2.75, 3.05) is 6.61 Å². The molecule has 0 N–H and O–H groups in total. The zero-order valence-corrected chi connectivity index (χ0v) is 12.9. The summed E-state index contributed by atoms with van der Waals surface area (Å²) in [6.07, 6.45) is 7.27. The van der Waals surface area contributed by atoms with Crippen molar-refractivity contribution < 1.29 is 9.53 Å². The van der Waals surface area contributed by atoms with Crippen LogP contribution in [0.2, 0.25) is 0 Å². The lowest BCUT2D eigenvalue weighted by Crippen LogP contribution is -2.04. The molecule has 2 aromatic rings. The second-order valence-corrected chi connectivity index (χ2v) is 6.69. The summed E-state index contributed by atoms with van der Waals surface area (Å²) in [6, 6.07) is 3.99. The third-order valence-electron chi connectivity index (χ3n) is 3.07. The first-order chi connectivity index (χ1) is 9.31. The molecule has 0 radical (unpaired) electrons. The van der Waals surface area contributed by atoms with Crippen molar-refractivity contribution in [3.05, 3.63) is 22.4 Å². The zero-order valence-electron chi connectivity index (χ0n) is 11.3. The van der Waals surface area contributed by atoms with Gasteiger partial charge in [0.25, 0.3) is 0 Å². The number of ether oxygens (including phenoxy) is 1. The van der Waals surface area contributed by atoms with Crippen LogP contribution in [0.15, 0.2) is 17.5 Å². The highest BCUT2D eigenvalue weighted by molar-refractivity contribution is 7.27. The van der Waals surface area contributed by atoms with Crippen molar-refractivity contribution in [3.63, 3.8) is 0 Å². The van der Waals surface area contributed by atoms with Gasteiger partial charge >= 0.3 is 5.97 Å². The zero-order chi connectivity index (χ0) is 13.5. The molecular formula is C15H20O2S2. The highest BCUT2D eigenvalue weighted by Gasteiger charge is 2.11. The molecule has 0 aliphatic rings. The normalized spacial score (nSPS) is 11.0. The van der Waals surface area contributed by atoms with Gasteiger partial charge in [-0.2, -0.15) is 0 Å². The van der Waals surface area contributed by atoms with Gasteiger partial charge in [0, 0.05) is 9.40 Å². The van der Waals surface area contributed by atoms with E-state index in [1.807, 2.05) is 11.4 Å². The Morgan fingerprint density at radius 1 is 1.16 bits per heavy atom. The van der Waals surface area contributed by atoms with E-state index in [4.69, 9.17) is 4.74 Å². The molecule has 0 fully saturated rings. The number of thiophene rings is 2. The molecule has 0 aliphatic heterocycles. The maximum absolute atomic E-state index is 11.8. The largest absolute Gasteiger partial charge is 0.462 e. The lowest BCUT2D eigenvalue weighted by Gasteiger charge is -2.03. The van der Waals surface area contributed by atoms with Crippen molar-refractivity contribution >= 4 is 38.0 Å². The molecule has 0 aliphatic carbocycles. The number of fused-ring (bicyclic) bond motifs is 1. The topological polar surface area (TPSA) is 26.3 Å². The second-order valence-electron chi connectivity index (χ2n) is 4.66. The van der Waals surface area contributed by atoms with Crippen LogP contribution in [0.1, 0.15) is 55.1 Å². The molecule has 0 amide bonds. The maximum Gasteiger partial charge on any atom is 0.348 e. The smallest absolute Gasteiger partial charge is 0.348 e. The second kappa shape index (κ2) is 7.65. The van der Waals surface area contributed by atoms with Gasteiger partial charge in [0.15, 0.2) is 0 Å². The quantitative estimate of drug-likeness (QED) is 0.476. The van der Waals surface area contributed by atoms with Gasteiger partial charge < -0.3 is 4.74 Å². The van der Waals surface area contributed by atoms with E-state index in [-0.39, 0.29) is 5.97 Å². The third kappa shape index (κ3) is 4.32. The predicted octanol–water partition coefficient (Wildman–Crippen LogP) is 5.48. The fourth-order valence-electron chi connectivity index (χ4n) is 1.98. The van der Waals surface area contributed by atoms with E-state index in [9.17, 15) is 4.79 Å². The first-order valence-corrected chi connectivity index (χ1v) is 8.65. The number of unbranched alkanes of at least 4 members (excludes halogenated alkanes) is 5. The molecule has 0 atom stereocenters. The minimum Gasteiger partial charge on any atom is -0.462 e. The number of esters is 1. The summed E-state index contributed by atoms with van der Waals surface area (Å²) in [5, 5.41) is 2.05. The molecular weight excluding hydrogens is 276 g/mol. The van der Waals surface area contributed by atoms with Crippen LogP contribution < -0.4 is 0 Å². The standard InChI is InChI=1S/C15H20O2S2/c1-2-3-4-5-6-7-9-17-15(16)14-11-13-12(19-14)8-10-18-13/h8,10-11H,2-7,9H2,1H3. The van der Waals surface area contributed by atoms with Crippen molar-refractivity contribution in [2.24, 2.45) is 0 Å². The number of hydrogen-bond acceptors (Lipinski definition) is 4. The fraction of sp³-hybridized carbons (Fsp3) is 0.533. The Kier molecular flexibility index (Phi) is 5.86. The van der Waals surface area contributed by atoms with Gasteiger partial charge in [-0.15, -0.1) is 22.7 Å². The maximum atomic E-state index is 11.8. The van der Waals surface area contributed by atoms with Gasteiger partial charge in [0.1, 0.15) is 4.88 Å². The van der Waals surface area contributed by atoms with Crippen molar-refractivity contribution in [3.8, 4) is 0 Å². The van der Waals surface area contributed by atoms with Crippen LogP contribution in [-0.4, -0.2) is 12.6 Å². The molecule has 2 rings (SSSR count). The van der Waals surface area contributed by atoms with Crippen LogP contribution in [0.3, 0.4) is 0 Å². The molecule has 2 heterocycles. The molecule has 0 spiro atoms. The van der Waals surface area contributed by atoms with Gasteiger partial charge in [-0.1, -0.05) is 39.0 Å².